The molecule has 0 aromatic rings. The Hall–Kier alpha value is -0.520. The molecule has 0 radical (unpaired) electrons. The molecule has 2 atom stereocenters. The van der Waals surface area contributed by atoms with Gasteiger partial charge in [0.15, 0.2) is 0 Å². The maximum Gasteiger partial charge on any atom is 0.139 e. The Kier molecular flexibility index (Phi) is 3.00. The van der Waals surface area contributed by atoms with E-state index in [-0.39, 0.29) is 0 Å². The Bertz CT molecular complexity index is 219. The van der Waals surface area contributed by atoms with Gasteiger partial charge in [-0.05, 0) is 12.8 Å². The van der Waals surface area contributed by atoms with Crippen LogP contribution in [0.4, 0.5) is 0 Å². The van der Waals surface area contributed by atoms with Gasteiger partial charge in [0.2, 0.25) is 0 Å². The van der Waals surface area contributed by atoms with Crippen LogP contribution >= 0.6 is 0 Å². The molecule has 0 amide bonds. The van der Waals surface area contributed by atoms with Gasteiger partial charge >= 0.3 is 0 Å². The van der Waals surface area contributed by atoms with E-state index in [1.807, 2.05) is 0 Å². The first-order valence-electron chi connectivity index (χ1n) is 4.93. The third-order valence-corrected chi connectivity index (χ3v) is 3.09. The number of nitrogens with zero attached hydrogens (tertiary/aromatic N) is 1. The van der Waals surface area contributed by atoms with Crippen molar-refractivity contribution in [1.29, 1.82) is 0 Å². The van der Waals surface area contributed by atoms with Gasteiger partial charge < -0.3 is 5.11 Å². The summed E-state index contributed by atoms with van der Waals surface area (Å²) in [5.74, 6) is 3.09. The molecule has 0 aromatic heterocycles. The second kappa shape index (κ2) is 3.69. The highest BCUT2D eigenvalue weighted by Crippen LogP contribution is 2.24. The van der Waals surface area contributed by atoms with E-state index in [1.54, 1.807) is 0 Å². The van der Waals surface area contributed by atoms with Gasteiger partial charge in [0.1, 0.15) is 5.60 Å². The summed E-state index contributed by atoms with van der Waals surface area (Å²) in [7, 11) is 0. The van der Waals surface area contributed by atoms with Crippen LogP contribution in [-0.2, 0) is 0 Å². The number of rotatable bonds is 2. The SMILES string of the molecule is C#CC1(O)CCN(C(C)C(C)C)C1. The summed E-state index contributed by atoms with van der Waals surface area (Å²) in [4.78, 5) is 2.27. The molecule has 0 saturated carbocycles. The molecule has 0 bridgehead atoms. The van der Waals surface area contributed by atoms with Crippen molar-refractivity contribution in [3.05, 3.63) is 0 Å². The van der Waals surface area contributed by atoms with Crippen LogP contribution in [0.3, 0.4) is 0 Å². The van der Waals surface area contributed by atoms with Crippen LogP contribution in [0.25, 0.3) is 0 Å². The van der Waals surface area contributed by atoms with Gasteiger partial charge in [-0.25, -0.2) is 0 Å². The van der Waals surface area contributed by atoms with Crippen molar-refractivity contribution in [2.24, 2.45) is 5.92 Å². The maximum atomic E-state index is 9.82. The second-order valence-corrected chi connectivity index (χ2v) is 4.38. The molecule has 2 unspecified atom stereocenters. The van der Waals surface area contributed by atoms with Crippen molar-refractivity contribution in [1.82, 2.24) is 4.90 Å². The average molecular weight is 181 g/mol. The van der Waals surface area contributed by atoms with Crippen molar-refractivity contribution in [3.8, 4) is 12.3 Å². The summed E-state index contributed by atoms with van der Waals surface area (Å²) in [5, 5.41) is 9.82. The molecule has 0 spiro atoms. The monoisotopic (exact) mass is 181 g/mol. The molecule has 0 aliphatic carbocycles. The number of β-amino-alcohol motifs (C(OH)–C–C–N with tert-alkyl or cyclic N) is 1. The first kappa shape index (κ1) is 10.6. The van der Waals surface area contributed by atoms with Crippen molar-refractivity contribution in [3.63, 3.8) is 0 Å². The summed E-state index contributed by atoms with van der Waals surface area (Å²) >= 11 is 0. The van der Waals surface area contributed by atoms with Crippen LogP contribution in [0, 0.1) is 18.3 Å². The summed E-state index contributed by atoms with van der Waals surface area (Å²) in [6, 6.07) is 0.502. The van der Waals surface area contributed by atoms with Crippen molar-refractivity contribution >= 4 is 0 Å². The van der Waals surface area contributed by atoms with Crippen LogP contribution in [0.2, 0.25) is 0 Å². The predicted molar refractivity (Wildman–Crippen MR) is 54.3 cm³/mol. The average Bonchev–Trinajstić information content (AvgIpc) is 2.47. The lowest BCUT2D eigenvalue weighted by atomic mass is 10.0. The maximum absolute atomic E-state index is 9.82. The van der Waals surface area contributed by atoms with Gasteiger partial charge in [-0.2, -0.15) is 0 Å². The molecule has 2 heteroatoms. The first-order valence-corrected chi connectivity index (χ1v) is 4.93. The molecule has 1 fully saturated rings. The first-order chi connectivity index (χ1) is 5.98. The van der Waals surface area contributed by atoms with Gasteiger partial charge in [0, 0.05) is 25.6 Å². The minimum absolute atomic E-state index is 0.502. The smallest absolute Gasteiger partial charge is 0.139 e. The fourth-order valence-corrected chi connectivity index (χ4v) is 1.71. The Balaban J connectivity index is 2.56. The van der Waals surface area contributed by atoms with Gasteiger partial charge in [-0.15, -0.1) is 6.42 Å². The summed E-state index contributed by atoms with van der Waals surface area (Å²) in [6.45, 7) is 8.12. The molecular weight excluding hydrogens is 162 g/mol. The Morgan fingerprint density at radius 3 is 2.46 bits per heavy atom. The van der Waals surface area contributed by atoms with E-state index in [0.29, 0.717) is 24.9 Å². The molecule has 74 valence electrons. The lowest BCUT2D eigenvalue weighted by molar-refractivity contribution is 0.0949. The minimum Gasteiger partial charge on any atom is -0.376 e. The van der Waals surface area contributed by atoms with E-state index in [0.717, 1.165) is 6.54 Å². The minimum atomic E-state index is -0.872. The Labute approximate surface area is 80.9 Å². The highest BCUT2D eigenvalue weighted by atomic mass is 16.3. The van der Waals surface area contributed by atoms with Crippen molar-refractivity contribution in [2.45, 2.75) is 38.8 Å². The number of hydrogen-bond acceptors (Lipinski definition) is 2. The molecule has 2 nitrogen and oxygen atoms in total. The molecule has 1 aliphatic rings. The number of likely N-dealkylation sites (tertiary alicyclic amines) is 1. The third-order valence-electron chi connectivity index (χ3n) is 3.09. The van der Waals surface area contributed by atoms with E-state index >= 15 is 0 Å². The van der Waals surface area contributed by atoms with Gasteiger partial charge in [-0.1, -0.05) is 19.8 Å². The van der Waals surface area contributed by atoms with Crippen LogP contribution in [0.15, 0.2) is 0 Å². The van der Waals surface area contributed by atoms with E-state index in [1.165, 1.54) is 0 Å². The predicted octanol–water partition coefficient (Wildman–Crippen LogP) is 1.10. The second-order valence-electron chi connectivity index (χ2n) is 4.38. The molecule has 1 heterocycles. The van der Waals surface area contributed by atoms with Crippen LogP contribution < -0.4 is 0 Å². The van der Waals surface area contributed by atoms with Crippen LogP contribution in [0.5, 0.6) is 0 Å². The molecule has 1 rings (SSSR count). The summed E-state index contributed by atoms with van der Waals surface area (Å²) in [6.07, 6.45) is 5.99. The van der Waals surface area contributed by atoms with Crippen molar-refractivity contribution in [2.75, 3.05) is 13.1 Å². The van der Waals surface area contributed by atoms with E-state index in [9.17, 15) is 5.11 Å². The van der Waals surface area contributed by atoms with Gasteiger partial charge in [0.25, 0.3) is 0 Å². The molecule has 13 heavy (non-hydrogen) atoms. The normalized spacial score (nSPS) is 32.0. The van der Waals surface area contributed by atoms with Gasteiger partial charge in [0.05, 0.1) is 0 Å². The third kappa shape index (κ3) is 2.24. The summed E-state index contributed by atoms with van der Waals surface area (Å²) < 4.78 is 0. The highest BCUT2D eigenvalue weighted by molar-refractivity contribution is 5.12. The largest absolute Gasteiger partial charge is 0.376 e. The van der Waals surface area contributed by atoms with E-state index in [4.69, 9.17) is 6.42 Å². The Morgan fingerprint density at radius 2 is 2.08 bits per heavy atom. The summed E-state index contributed by atoms with van der Waals surface area (Å²) in [5.41, 5.74) is -0.872. The number of aliphatic hydroxyl groups is 1. The topological polar surface area (TPSA) is 23.5 Å². The zero-order chi connectivity index (χ0) is 10.1. The molecular formula is C11H19NO. The molecule has 1 aliphatic heterocycles. The van der Waals surface area contributed by atoms with Crippen LogP contribution in [0.1, 0.15) is 27.2 Å². The quantitative estimate of drug-likeness (QED) is 0.645. The standard InChI is InChI=1S/C11H19NO/c1-5-11(13)6-7-12(8-11)10(4)9(2)3/h1,9-10,13H,6-8H2,2-4H3. The zero-order valence-electron chi connectivity index (χ0n) is 8.75. The number of terminal acetylenes is 1. The molecule has 1 saturated heterocycles. The lowest BCUT2D eigenvalue weighted by Gasteiger charge is -2.28. The number of hydrogen-bond donors (Lipinski definition) is 1. The van der Waals surface area contributed by atoms with Gasteiger partial charge in [-0.3, -0.25) is 4.90 Å². The fourth-order valence-electron chi connectivity index (χ4n) is 1.71. The van der Waals surface area contributed by atoms with E-state index in [2.05, 4.69) is 31.6 Å². The van der Waals surface area contributed by atoms with E-state index < -0.39 is 5.60 Å². The van der Waals surface area contributed by atoms with Crippen molar-refractivity contribution < 1.29 is 5.11 Å². The Morgan fingerprint density at radius 1 is 1.46 bits per heavy atom. The van der Waals surface area contributed by atoms with Crippen LogP contribution in [-0.4, -0.2) is 34.7 Å². The molecule has 1 N–H and O–H groups in total. The fraction of sp³-hybridized carbons (Fsp3) is 0.818. The zero-order valence-corrected chi connectivity index (χ0v) is 8.75. The molecule has 0 aromatic carbocycles. The lowest BCUT2D eigenvalue weighted by Crippen LogP contribution is -2.38. The highest BCUT2D eigenvalue weighted by Gasteiger charge is 2.36.